The highest BCUT2D eigenvalue weighted by Gasteiger charge is 2.24. The molecule has 1 amide bonds. The number of hydrogen-bond donors (Lipinski definition) is 1. The summed E-state index contributed by atoms with van der Waals surface area (Å²) in [4.78, 5) is 13.1. The van der Waals surface area contributed by atoms with Crippen LogP contribution in [-0.4, -0.2) is 38.5 Å². The number of benzene rings is 2. The van der Waals surface area contributed by atoms with Gasteiger partial charge in [0.1, 0.15) is 23.6 Å². The van der Waals surface area contributed by atoms with E-state index in [9.17, 15) is 4.79 Å². The zero-order valence-electron chi connectivity index (χ0n) is 17.9. The van der Waals surface area contributed by atoms with E-state index in [0.29, 0.717) is 52.3 Å². The van der Waals surface area contributed by atoms with E-state index < -0.39 is 0 Å². The van der Waals surface area contributed by atoms with Crippen molar-refractivity contribution in [3.05, 3.63) is 64.4 Å². The number of hydrogen-bond acceptors (Lipinski definition) is 6. The van der Waals surface area contributed by atoms with Gasteiger partial charge >= 0.3 is 0 Å². The third kappa shape index (κ3) is 5.18. The third-order valence-electron chi connectivity index (χ3n) is 4.80. The molecule has 0 fully saturated rings. The monoisotopic (exact) mass is 444 g/mol. The summed E-state index contributed by atoms with van der Waals surface area (Å²) in [5.41, 5.74) is 2.26. The molecule has 0 radical (unpaired) electrons. The average molecular weight is 445 g/mol. The molecule has 0 saturated heterocycles. The minimum atomic E-state index is -0.305. The van der Waals surface area contributed by atoms with Crippen molar-refractivity contribution in [2.24, 2.45) is 0 Å². The second-order valence-corrected chi connectivity index (χ2v) is 7.30. The van der Waals surface area contributed by atoms with E-state index >= 15 is 0 Å². The molecule has 0 saturated carbocycles. The molecule has 1 N–H and O–H groups in total. The van der Waals surface area contributed by atoms with Crippen LogP contribution in [0, 0.1) is 6.92 Å². The van der Waals surface area contributed by atoms with Gasteiger partial charge in [0.05, 0.1) is 24.8 Å². The van der Waals surface area contributed by atoms with Crippen molar-refractivity contribution in [3.8, 4) is 22.8 Å². The number of carbonyl (C=O) groups excluding carboxylic acids is 1. The number of halogens is 1. The summed E-state index contributed by atoms with van der Waals surface area (Å²) in [5, 5.41) is 7.54. The van der Waals surface area contributed by atoms with Gasteiger partial charge in [-0.1, -0.05) is 41.0 Å². The van der Waals surface area contributed by atoms with Gasteiger partial charge in [-0.25, -0.2) is 0 Å². The molecule has 0 spiro atoms. The number of methoxy groups -OCH3 is 2. The van der Waals surface area contributed by atoms with Crippen LogP contribution in [0.4, 0.5) is 0 Å². The second kappa shape index (κ2) is 10.3. The molecule has 1 heterocycles. The molecule has 0 bridgehead atoms. The predicted molar refractivity (Wildman–Crippen MR) is 118 cm³/mol. The highest BCUT2D eigenvalue weighted by atomic mass is 35.5. The Morgan fingerprint density at radius 2 is 1.94 bits per heavy atom. The molecule has 0 aliphatic carbocycles. The molecule has 0 aliphatic rings. The lowest BCUT2D eigenvalue weighted by atomic mass is 10.0. The summed E-state index contributed by atoms with van der Waals surface area (Å²) in [6.07, 6.45) is 0. The lowest BCUT2D eigenvalue weighted by molar-refractivity contribution is 0.0939. The van der Waals surface area contributed by atoms with Crippen LogP contribution < -0.4 is 14.8 Å². The van der Waals surface area contributed by atoms with Crippen molar-refractivity contribution >= 4 is 17.5 Å². The maximum Gasteiger partial charge on any atom is 0.257 e. The molecule has 2 aromatic carbocycles. The quantitative estimate of drug-likeness (QED) is 0.476. The molecule has 7 nitrogen and oxygen atoms in total. The van der Waals surface area contributed by atoms with Crippen LogP contribution in [0.15, 0.2) is 47.0 Å². The Hall–Kier alpha value is -3.03. The van der Waals surface area contributed by atoms with Gasteiger partial charge in [-0.2, -0.15) is 0 Å². The molecule has 1 aromatic heterocycles. The van der Waals surface area contributed by atoms with Gasteiger partial charge < -0.3 is 24.1 Å². The summed E-state index contributed by atoms with van der Waals surface area (Å²) in [6, 6.07) is 12.4. The van der Waals surface area contributed by atoms with Crippen LogP contribution in [0.3, 0.4) is 0 Å². The van der Waals surface area contributed by atoms with Crippen LogP contribution in [0.1, 0.15) is 34.6 Å². The SMILES string of the molecule is COCCOc1ccc(C(C)NC(=O)c2c(-c3ccccc3Cl)noc2C)cc1OC. The third-order valence-corrected chi connectivity index (χ3v) is 5.13. The Morgan fingerprint density at radius 1 is 1.16 bits per heavy atom. The first-order chi connectivity index (χ1) is 15.0. The summed E-state index contributed by atoms with van der Waals surface area (Å²) >= 11 is 6.29. The summed E-state index contributed by atoms with van der Waals surface area (Å²) in [7, 11) is 3.18. The summed E-state index contributed by atoms with van der Waals surface area (Å²) < 4.78 is 21.4. The van der Waals surface area contributed by atoms with Crippen LogP contribution >= 0.6 is 11.6 Å². The molecule has 3 aromatic rings. The van der Waals surface area contributed by atoms with E-state index in [-0.39, 0.29) is 11.9 Å². The second-order valence-electron chi connectivity index (χ2n) is 6.89. The van der Waals surface area contributed by atoms with Crippen molar-refractivity contribution in [3.63, 3.8) is 0 Å². The molecule has 1 unspecified atom stereocenters. The maximum atomic E-state index is 13.1. The molecule has 3 rings (SSSR count). The van der Waals surface area contributed by atoms with Crippen molar-refractivity contribution < 1.29 is 23.5 Å². The van der Waals surface area contributed by atoms with Gasteiger partial charge in [0.25, 0.3) is 5.91 Å². The fourth-order valence-electron chi connectivity index (χ4n) is 3.14. The number of carbonyl (C=O) groups is 1. The molecular formula is C23H25ClN2O5. The molecule has 164 valence electrons. The number of aromatic nitrogens is 1. The average Bonchev–Trinajstić information content (AvgIpc) is 3.15. The van der Waals surface area contributed by atoms with Crippen molar-refractivity contribution in [2.45, 2.75) is 19.9 Å². The number of nitrogens with zero attached hydrogens (tertiary/aromatic N) is 1. The lowest BCUT2D eigenvalue weighted by Gasteiger charge is -2.17. The minimum Gasteiger partial charge on any atom is -0.493 e. The van der Waals surface area contributed by atoms with E-state index in [1.165, 1.54) is 0 Å². The van der Waals surface area contributed by atoms with Crippen LogP contribution in [0.25, 0.3) is 11.3 Å². The fourth-order valence-corrected chi connectivity index (χ4v) is 3.36. The zero-order chi connectivity index (χ0) is 22.4. The number of rotatable bonds is 9. The largest absolute Gasteiger partial charge is 0.493 e. The zero-order valence-corrected chi connectivity index (χ0v) is 18.7. The van der Waals surface area contributed by atoms with E-state index in [0.717, 1.165) is 5.56 Å². The molecular weight excluding hydrogens is 420 g/mol. The van der Waals surface area contributed by atoms with Gasteiger partial charge in [0.15, 0.2) is 11.5 Å². The standard InChI is InChI=1S/C23H25ClN2O5/c1-14(16-9-10-19(20(13-16)29-4)30-12-11-28-3)25-23(27)21-15(2)31-26-22(21)17-7-5-6-8-18(17)24/h5-10,13-14H,11-12H2,1-4H3,(H,25,27). The Balaban J connectivity index is 1.80. The number of amides is 1. The van der Waals surface area contributed by atoms with E-state index in [1.807, 2.05) is 37.3 Å². The number of aryl methyl sites for hydroxylation is 1. The Kier molecular flexibility index (Phi) is 7.55. The minimum absolute atomic E-state index is 0.303. The van der Waals surface area contributed by atoms with E-state index in [4.69, 9.17) is 30.3 Å². The summed E-state index contributed by atoms with van der Waals surface area (Å²) in [6.45, 7) is 4.47. The van der Waals surface area contributed by atoms with Crippen molar-refractivity contribution in [1.82, 2.24) is 10.5 Å². The first kappa shape index (κ1) is 22.7. The predicted octanol–water partition coefficient (Wildman–Crippen LogP) is 4.83. The van der Waals surface area contributed by atoms with Gasteiger partial charge in [-0.05, 0) is 37.6 Å². The Morgan fingerprint density at radius 3 is 2.65 bits per heavy atom. The van der Waals surface area contributed by atoms with E-state index in [2.05, 4.69) is 10.5 Å². The first-order valence-electron chi connectivity index (χ1n) is 9.78. The molecule has 1 atom stereocenters. The fraction of sp³-hybridized carbons (Fsp3) is 0.304. The number of ether oxygens (including phenoxy) is 3. The lowest BCUT2D eigenvalue weighted by Crippen LogP contribution is -2.27. The normalized spacial score (nSPS) is 11.8. The highest BCUT2D eigenvalue weighted by Crippen LogP contribution is 2.33. The van der Waals surface area contributed by atoms with Gasteiger partial charge in [0.2, 0.25) is 0 Å². The van der Waals surface area contributed by atoms with Gasteiger partial charge in [0, 0.05) is 12.7 Å². The molecule has 0 aliphatic heterocycles. The Bertz CT molecular complexity index is 1050. The maximum absolute atomic E-state index is 13.1. The van der Waals surface area contributed by atoms with Crippen LogP contribution in [0.2, 0.25) is 5.02 Å². The van der Waals surface area contributed by atoms with Crippen molar-refractivity contribution in [2.75, 3.05) is 27.4 Å². The topological polar surface area (TPSA) is 82.8 Å². The van der Waals surface area contributed by atoms with Crippen LogP contribution in [0.5, 0.6) is 11.5 Å². The molecule has 8 heteroatoms. The first-order valence-corrected chi connectivity index (χ1v) is 10.2. The van der Waals surface area contributed by atoms with Crippen molar-refractivity contribution in [1.29, 1.82) is 0 Å². The summed E-state index contributed by atoms with van der Waals surface area (Å²) in [5.74, 6) is 1.30. The van der Waals surface area contributed by atoms with E-state index in [1.54, 1.807) is 33.3 Å². The van der Waals surface area contributed by atoms with Gasteiger partial charge in [-0.15, -0.1) is 0 Å². The van der Waals surface area contributed by atoms with Gasteiger partial charge in [-0.3, -0.25) is 4.79 Å². The number of nitrogens with one attached hydrogen (secondary N) is 1. The Labute approximate surface area is 186 Å². The van der Waals surface area contributed by atoms with Crippen LogP contribution in [-0.2, 0) is 4.74 Å². The highest BCUT2D eigenvalue weighted by molar-refractivity contribution is 6.33. The molecule has 31 heavy (non-hydrogen) atoms. The smallest absolute Gasteiger partial charge is 0.257 e.